The first kappa shape index (κ1) is 13.1. The van der Waals surface area contributed by atoms with Gasteiger partial charge < -0.3 is 20.1 Å². The Morgan fingerprint density at radius 1 is 1.45 bits per heavy atom. The van der Waals surface area contributed by atoms with Crippen LogP contribution in [0.4, 0.5) is 0 Å². The van der Waals surface area contributed by atoms with Gasteiger partial charge in [-0.2, -0.15) is 0 Å². The molecule has 0 saturated carbocycles. The first-order chi connectivity index (χ1) is 9.56. The molecule has 20 heavy (non-hydrogen) atoms. The average Bonchev–Trinajstić information content (AvgIpc) is 3.02. The molecule has 2 unspecified atom stereocenters. The molecule has 0 bridgehead atoms. The van der Waals surface area contributed by atoms with Crippen molar-refractivity contribution in [3.05, 3.63) is 17.7 Å². The fraction of sp³-hybridized carbons (Fsp3) is 0.583. The van der Waals surface area contributed by atoms with Crippen LogP contribution in [-0.2, 0) is 22.6 Å². The number of carboxylic acids is 1. The van der Waals surface area contributed by atoms with E-state index in [1.165, 1.54) is 4.90 Å². The van der Waals surface area contributed by atoms with Crippen molar-refractivity contribution in [1.82, 2.24) is 20.2 Å². The number of carbonyl (C=O) groups excluding carboxylic acids is 1. The first-order valence-corrected chi connectivity index (χ1v) is 6.52. The summed E-state index contributed by atoms with van der Waals surface area (Å²) in [7, 11) is 0. The molecule has 3 atom stereocenters. The molecular weight excluding hydrogens is 264 g/mol. The minimum Gasteiger partial charge on any atom is -0.480 e. The molecule has 3 heterocycles. The van der Waals surface area contributed by atoms with E-state index in [-0.39, 0.29) is 18.9 Å². The number of carbonyl (C=O) groups is 2. The monoisotopic (exact) mass is 280 g/mol. The van der Waals surface area contributed by atoms with E-state index in [0.29, 0.717) is 13.0 Å². The molecule has 1 amide bonds. The van der Waals surface area contributed by atoms with Crippen LogP contribution < -0.4 is 5.32 Å². The molecule has 3 rings (SSSR count). The lowest BCUT2D eigenvalue weighted by Gasteiger charge is -2.29. The van der Waals surface area contributed by atoms with Gasteiger partial charge in [0.2, 0.25) is 5.91 Å². The highest BCUT2D eigenvalue weighted by atomic mass is 16.4. The van der Waals surface area contributed by atoms with Crippen molar-refractivity contribution in [3.8, 4) is 0 Å². The van der Waals surface area contributed by atoms with E-state index >= 15 is 0 Å². The van der Waals surface area contributed by atoms with Gasteiger partial charge in [-0.25, -0.2) is 9.78 Å². The number of aromatic amines is 1. The van der Waals surface area contributed by atoms with Crippen LogP contribution in [0.3, 0.4) is 0 Å². The summed E-state index contributed by atoms with van der Waals surface area (Å²) in [4.78, 5) is 32.0. The summed E-state index contributed by atoms with van der Waals surface area (Å²) in [5.74, 6) is -1.37. The summed E-state index contributed by atoms with van der Waals surface area (Å²) in [5.41, 5.74) is 1.78. The number of fused-ring (bicyclic) bond motifs is 1. The Morgan fingerprint density at radius 3 is 3.00 bits per heavy atom. The number of β-amino-alcohol motifs (C(OH)–C–C–N with tert-alkyl or cyclic N) is 1. The number of aliphatic hydroxyl groups is 1. The highest BCUT2D eigenvalue weighted by Gasteiger charge is 2.41. The topological polar surface area (TPSA) is 119 Å². The zero-order valence-corrected chi connectivity index (χ0v) is 10.7. The number of aliphatic hydroxyl groups excluding tert-OH is 1. The molecule has 0 aliphatic carbocycles. The van der Waals surface area contributed by atoms with E-state index in [1.807, 2.05) is 0 Å². The number of rotatable bonds is 2. The van der Waals surface area contributed by atoms with E-state index in [9.17, 15) is 14.7 Å². The van der Waals surface area contributed by atoms with E-state index in [1.54, 1.807) is 6.33 Å². The van der Waals surface area contributed by atoms with Crippen molar-refractivity contribution < 1.29 is 19.8 Å². The number of amides is 1. The number of hydrogen-bond acceptors (Lipinski definition) is 5. The van der Waals surface area contributed by atoms with Gasteiger partial charge in [0.15, 0.2) is 0 Å². The largest absolute Gasteiger partial charge is 0.480 e. The number of nitrogens with one attached hydrogen (secondary N) is 2. The Labute approximate surface area is 114 Å². The molecule has 1 saturated heterocycles. The van der Waals surface area contributed by atoms with Gasteiger partial charge in [-0.1, -0.05) is 0 Å². The summed E-state index contributed by atoms with van der Waals surface area (Å²) in [5, 5.41) is 21.8. The van der Waals surface area contributed by atoms with Crippen molar-refractivity contribution in [3.63, 3.8) is 0 Å². The molecule has 8 nitrogen and oxygen atoms in total. The summed E-state index contributed by atoms with van der Waals surface area (Å²) in [6.07, 6.45) is 1.32. The van der Waals surface area contributed by atoms with Crippen LogP contribution in [0.2, 0.25) is 0 Å². The predicted octanol–water partition coefficient (Wildman–Crippen LogP) is -1.53. The van der Waals surface area contributed by atoms with Crippen LogP contribution in [-0.4, -0.2) is 61.7 Å². The molecule has 108 valence electrons. The molecule has 0 radical (unpaired) electrons. The first-order valence-electron chi connectivity index (χ1n) is 6.52. The molecule has 1 aromatic rings. The lowest BCUT2D eigenvalue weighted by molar-refractivity contribution is -0.149. The second-order valence-corrected chi connectivity index (χ2v) is 5.20. The van der Waals surface area contributed by atoms with Crippen LogP contribution in [0.25, 0.3) is 0 Å². The fourth-order valence-electron chi connectivity index (χ4n) is 2.84. The molecule has 0 aromatic carbocycles. The lowest BCUT2D eigenvalue weighted by Crippen LogP contribution is -2.52. The van der Waals surface area contributed by atoms with Gasteiger partial charge in [0.05, 0.1) is 29.9 Å². The van der Waals surface area contributed by atoms with Crippen LogP contribution in [0.5, 0.6) is 0 Å². The maximum atomic E-state index is 12.4. The van der Waals surface area contributed by atoms with Crippen LogP contribution in [0.1, 0.15) is 17.8 Å². The van der Waals surface area contributed by atoms with Gasteiger partial charge in [-0.15, -0.1) is 0 Å². The second kappa shape index (κ2) is 4.88. The molecule has 8 heteroatoms. The zero-order chi connectivity index (χ0) is 14.3. The normalized spacial score (nSPS) is 29.2. The fourth-order valence-corrected chi connectivity index (χ4v) is 2.84. The smallest absolute Gasteiger partial charge is 0.326 e. The minimum absolute atomic E-state index is 0.0708. The number of H-pyrrole nitrogens is 1. The second-order valence-electron chi connectivity index (χ2n) is 5.20. The van der Waals surface area contributed by atoms with Crippen LogP contribution in [0.15, 0.2) is 6.33 Å². The van der Waals surface area contributed by atoms with Crippen molar-refractivity contribution in [2.24, 2.45) is 0 Å². The molecule has 1 aromatic heterocycles. The molecule has 0 spiro atoms. The molecule has 2 aliphatic heterocycles. The third-order valence-electron chi connectivity index (χ3n) is 3.88. The van der Waals surface area contributed by atoms with E-state index in [4.69, 9.17) is 5.11 Å². The van der Waals surface area contributed by atoms with Crippen molar-refractivity contribution in [2.45, 2.75) is 37.6 Å². The standard InChI is InChI=1S/C12H16N4O4/c17-6-1-10(12(19)20)16(4-6)11(18)8-2-7-9(3-13-8)15-5-14-7/h5-6,8,10,13,17H,1-4H2,(H,14,15)(H,19,20)/t6?,8?,10-/m0/s1. The molecule has 4 N–H and O–H groups in total. The third kappa shape index (κ3) is 2.16. The molecule has 1 fully saturated rings. The van der Waals surface area contributed by atoms with Crippen molar-refractivity contribution in [1.29, 1.82) is 0 Å². The highest BCUT2D eigenvalue weighted by molar-refractivity contribution is 5.88. The third-order valence-corrected chi connectivity index (χ3v) is 3.88. The van der Waals surface area contributed by atoms with Crippen molar-refractivity contribution >= 4 is 11.9 Å². The zero-order valence-electron chi connectivity index (χ0n) is 10.7. The van der Waals surface area contributed by atoms with E-state index in [2.05, 4.69) is 15.3 Å². The number of nitrogens with zero attached hydrogens (tertiary/aromatic N) is 2. The SMILES string of the molecule is O=C(O)[C@@H]1CC(O)CN1C(=O)C1Cc2nc[nH]c2CN1. The van der Waals surface area contributed by atoms with Gasteiger partial charge >= 0.3 is 5.97 Å². The highest BCUT2D eigenvalue weighted by Crippen LogP contribution is 2.21. The molecular formula is C12H16N4O4. The van der Waals surface area contributed by atoms with Gasteiger partial charge in [-0.05, 0) is 0 Å². The van der Waals surface area contributed by atoms with Crippen LogP contribution >= 0.6 is 0 Å². The van der Waals surface area contributed by atoms with Crippen LogP contribution in [0, 0.1) is 0 Å². The Balaban J connectivity index is 1.74. The summed E-state index contributed by atoms with van der Waals surface area (Å²) >= 11 is 0. The maximum absolute atomic E-state index is 12.4. The number of imidazole rings is 1. The Bertz CT molecular complexity index is 543. The molecule has 2 aliphatic rings. The number of likely N-dealkylation sites (tertiary alicyclic amines) is 1. The van der Waals surface area contributed by atoms with Gasteiger partial charge in [-0.3, -0.25) is 10.1 Å². The maximum Gasteiger partial charge on any atom is 0.326 e. The number of aromatic nitrogens is 2. The van der Waals surface area contributed by atoms with E-state index in [0.717, 1.165) is 11.4 Å². The quantitative estimate of drug-likeness (QED) is 0.522. The Hall–Kier alpha value is -1.93. The predicted molar refractivity (Wildman–Crippen MR) is 66.7 cm³/mol. The van der Waals surface area contributed by atoms with Gasteiger partial charge in [0.25, 0.3) is 0 Å². The number of aliphatic carboxylic acids is 1. The Kier molecular flexibility index (Phi) is 3.19. The van der Waals surface area contributed by atoms with E-state index < -0.39 is 24.2 Å². The Morgan fingerprint density at radius 2 is 2.25 bits per heavy atom. The number of carboxylic acid groups (broad SMARTS) is 1. The van der Waals surface area contributed by atoms with Crippen molar-refractivity contribution in [2.75, 3.05) is 6.54 Å². The summed E-state index contributed by atoms with van der Waals surface area (Å²) < 4.78 is 0. The van der Waals surface area contributed by atoms with Gasteiger partial charge in [0.1, 0.15) is 6.04 Å². The minimum atomic E-state index is -1.08. The summed E-state index contributed by atoms with van der Waals surface area (Å²) in [6.45, 7) is 0.571. The lowest BCUT2D eigenvalue weighted by atomic mass is 10.0. The average molecular weight is 280 g/mol. The van der Waals surface area contributed by atoms with Gasteiger partial charge in [0, 0.05) is 25.9 Å². The summed E-state index contributed by atoms with van der Waals surface area (Å²) in [6, 6.07) is -1.43. The number of hydrogen-bond donors (Lipinski definition) is 4.